The summed E-state index contributed by atoms with van der Waals surface area (Å²) >= 11 is 0. The van der Waals surface area contributed by atoms with Crippen molar-refractivity contribution in [1.82, 2.24) is 39.9 Å². The number of aliphatic hydroxyl groups is 2. The second-order valence-corrected chi connectivity index (χ2v) is 9.92. The summed E-state index contributed by atoms with van der Waals surface area (Å²) in [7, 11) is 0. The second kappa shape index (κ2) is 28.0. The summed E-state index contributed by atoms with van der Waals surface area (Å²) in [5, 5.41) is 27.5. The Kier molecular flexibility index (Phi) is 22.2. The molecule has 272 valence electrons. The molecule has 0 fully saturated rings. The van der Waals surface area contributed by atoms with Gasteiger partial charge < -0.3 is 10.2 Å². The minimum atomic E-state index is 0. The van der Waals surface area contributed by atoms with Gasteiger partial charge in [-0.15, -0.1) is 0 Å². The molecule has 12 nitrogen and oxygen atoms in total. The normalized spacial score (nSPS) is 8.69. The van der Waals surface area contributed by atoms with Crippen molar-refractivity contribution >= 4 is 0 Å². The van der Waals surface area contributed by atoms with Crippen LogP contribution in [0.4, 0.5) is 0 Å². The molecule has 55 heavy (non-hydrogen) atoms. The summed E-state index contributed by atoms with van der Waals surface area (Å²) < 4.78 is 0. The first-order valence-electron chi connectivity index (χ1n) is 16.1. The van der Waals surface area contributed by atoms with Crippen LogP contribution in [0.1, 0.15) is 0 Å². The van der Waals surface area contributed by atoms with Crippen molar-refractivity contribution in [2.45, 2.75) is 0 Å². The van der Waals surface area contributed by atoms with E-state index in [1.54, 1.807) is 49.6 Å². The minimum Gasteiger partial charge on any atom is -0.443 e. The molecule has 0 radical (unpaired) electrons. The summed E-state index contributed by atoms with van der Waals surface area (Å²) in [5.74, 6) is 0. The zero-order chi connectivity index (χ0) is 38.3. The Labute approximate surface area is 332 Å². The number of hydrogen-bond donors (Lipinski definition) is 2. The Balaban J connectivity index is 0.000000240. The van der Waals surface area contributed by atoms with Gasteiger partial charge in [0, 0.05) is 69.1 Å². The summed E-state index contributed by atoms with van der Waals surface area (Å²) in [5.41, 5.74) is 7.32. The van der Waals surface area contributed by atoms with Gasteiger partial charge in [0.1, 0.15) is 0 Å². The van der Waals surface area contributed by atoms with Crippen molar-refractivity contribution in [3.05, 3.63) is 195 Å². The Hall–Kier alpha value is -7.60. The van der Waals surface area contributed by atoms with Gasteiger partial charge >= 0.3 is 0 Å². The Morgan fingerprint density at radius 2 is 0.382 bits per heavy atom. The van der Waals surface area contributed by atoms with Crippen LogP contribution in [0, 0.1) is 23.0 Å². The van der Waals surface area contributed by atoms with Crippen molar-refractivity contribution in [3.8, 4) is 58.1 Å². The predicted octanol–water partition coefficient (Wildman–Crippen LogP) is 8.25. The van der Waals surface area contributed by atoms with Crippen molar-refractivity contribution in [2.75, 3.05) is 0 Å². The van der Waals surface area contributed by atoms with E-state index in [0.717, 1.165) is 58.1 Å². The maximum absolute atomic E-state index is 6.88. The molecule has 8 heterocycles. The van der Waals surface area contributed by atoms with Crippen molar-refractivity contribution in [3.63, 3.8) is 0 Å². The molecule has 2 N–H and O–H groups in total. The monoisotopic (exact) mass is 812 g/mol. The van der Waals surface area contributed by atoms with E-state index >= 15 is 0 Å². The van der Waals surface area contributed by atoms with E-state index in [1.807, 2.05) is 146 Å². The SMILES string of the molecule is N#CO.N#CO.[Ru].c1ccc(-c2ccccn2)nc1.c1ccc(-c2ccccn2)nc1.c1ccc(-c2ccccn2)nc1.c1ccc(-c2ccccn2)nc1. The van der Waals surface area contributed by atoms with Crippen LogP contribution in [0.2, 0.25) is 0 Å². The molecule has 0 unspecified atom stereocenters. The molecule has 0 aliphatic rings. The molecule has 8 rings (SSSR count). The summed E-state index contributed by atoms with van der Waals surface area (Å²) in [6.07, 6.45) is 15.6. The second-order valence-electron chi connectivity index (χ2n) is 9.92. The first-order valence-corrected chi connectivity index (χ1v) is 16.1. The smallest absolute Gasteiger partial charge is 0.283 e. The fraction of sp³-hybridized carbons (Fsp3) is 0. The number of nitrogens with zero attached hydrogens (tertiary/aromatic N) is 10. The Morgan fingerprint density at radius 1 is 0.273 bits per heavy atom. The summed E-state index contributed by atoms with van der Waals surface area (Å²) in [4.78, 5) is 33.5. The van der Waals surface area contributed by atoms with E-state index < -0.39 is 0 Å². The molecule has 8 aromatic rings. The molecule has 13 heteroatoms. The van der Waals surface area contributed by atoms with Crippen molar-refractivity contribution < 1.29 is 29.7 Å². The van der Waals surface area contributed by atoms with E-state index in [-0.39, 0.29) is 19.5 Å². The van der Waals surface area contributed by atoms with Crippen LogP contribution in [0.25, 0.3) is 45.6 Å². The Bertz CT molecular complexity index is 1720. The van der Waals surface area contributed by atoms with Crippen LogP contribution in [0.3, 0.4) is 0 Å². The third kappa shape index (κ3) is 17.5. The molecular weight excluding hydrogens is 778 g/mol. The third-order valence-corrected chi connectivity index (χ3v) is 6.37. The summed E-state index contributed by atoms with van der Waals surface area (Å²) in [6.45, 7) is 0. The fourth-order valence-electron chi connectivity index (χ4n) is 4.11. The van der Waals surface area contributed by atoms with E-state index in [2.05, 4.69) is 39.9 Å². The van der Waals surface area contributed by atoms with Crippen LogP contribution in [0.15, 0.2) is 195 Å². The zero-order valence-electron chi connectivity index (χ0n) is 29.2. The number of nitriles is 2. The van der Waals surface area contributed by atoms with Crippen LogP contribution in [0.5, 0.6) is 0 Å². The quantitative estimate of drug-likeness (QED) is 0.128. The van der Waals surface area contributed by atoms with Gasteiger partial charge in [0.15, 0.2) is 0 Å². The average molecular weight is 812 g/mol. The largest absolute Gasteiger partial charge is 0.443 e. The molecular formula is C42H34N10O2Ru. The summed E-state index contributed by atoms with van der Waals surface area (Å²) in [6, 6.07) is 46.4. The molecule has 0 spiro atoms. The molecule has 8 aromatic heterocycles. The van der Waals surface area contributed by atoms with Crippen LogP contribution in [-0.2, 0) is 19.5 Å². The number of aromatic nitrogens is 8. The van der Waals surface area contributed by atoms with Crippen LogP contribution in [-0.4, -0.2) is 50.1 Å². The number of hydrogen-bond acceptors (Lipinski definition) is 12. The van der Waals surface area contributed by atoms with Gasteiger partial charge in [0.25, 0.3) is 12.5 Å². The van der Waals surface area contributed by atoms with Gasteiger partial charge in [0.2, 0.25) is 0 Å². The molecule has 0 aliphatic heterocycles. The topological polar surface area (TPSA) is 191 Å². The number of pyridine rings is 8. The first-order chi connectivity index (χ1) is 26.7. The van der Waals surface area contributed by atoms with Gasteiger partial charge in [0.05, 0.1) is 45.6 Å². The molecule has 0 bridgehead atoms. The number of aliphatic hydroxyl groups excluding tert-OH is 2. The molecule has 0 saturated heterocycles. The van der Waals surface area contributed by atoms with Crippen LogP contribution < -0.4 is 0 Å². The zero-order valence-corrected chi connectivity index (χ0v) is 30.9. The third-order valence-electron chi connectivity index (χ3n) is 6.37. The van der Waals surface area contributed by atoms with E-state index in [1.165, 1.54) is 0 Å². The predicted molar refractivity (Wildman–Crippen MR) is 205 cm³/mol. The molecule has 0 saturated carbocycles. The number of rotatable bonds is 4. The Morgan fingerprint density at radius 3 is 0.455 bits per heavy atom. The molecule has 0 aliphatic carbocycles. The van der Waals surface area contributed by atoms with E-state index in [0.29, 0.717) is 0 Å². The van der Waals surface area contributed by atoms with Crippen LogP contribution >= 0.6 is 0 Å². The van der Waals surface area contributed by atoms with Gasteiger partial charge in [-0.05, 0) is 97.1 Å². The van der Waals surface area contributed by atoms with E-state index in [4.69, 9.17) is 20.7 Å². The maximum Gasteiger partial charge on any atom is 0.283 e. The standard InChI is InChI=1S/4C10H8N2.2CHNO.Ru/c4*1-3-7-11-9(5-1)10-6-2-4-8-12-10;2*2-1-3;/h4*1-8H;2*3H;. The van der Waals surface area contributed by atoms with Gasteiger partial charge in [-0.25, -0.2) is 0 Å². The van der Waals surface area contributed by atoms with Gasteiger partial charge in [-0.3, -0.25) is 39.9 Å². The first kappa shape index (κ1) is 43.6. The van der Waals surface area contributed by atoms with E-state index in [9.17, 15) is 0 Å². The van der Waals surface area contributed by atoms with Crippen molar-refractivity contribution in [2.24, 2.45) is 0 Å². The minimum absolute atomic E-state index is 0. The van der Waals surface area contributed by atoms with Gasteiger partial charge in [-0.1, -0.05) is 48.5 Å². The maximum atomic E-state index is 6.88. The molecule has 0 aromatic carbocycles. The van der Waals surface area contributed by atoms with Crippen molar-refractivity contribution in [1.29, 1.82) is 10.5 Å². The molecule has 0 atom stereocenters. The average Bonchev–Trinajstić information content (AvgIpc) is 3.27. The molecule has 0 amide bonds. The fourth-order valence-corrected chi connectivity index (χ4v) is 4.11. The van der Waals surface area contributed by atoms with Gasteiger partial charge in [-0.2, -0.15) is 10.5 Å².